The number of benzene rings is 2. The van der Waals surface area contributed by atoms with E-state index in [1.807, 2.05) is 6.07 Å². The summed E-state index contributed by atoms with van der Waals surface area (Å²) in [4.78, 5) is 0.298. The molecule has 0 bridgehead atoms. The quantitative estimate of drug-likeness (QED) is 0.885. The molecular formula is C15H17NO3S. The van der Waals surface area contributed by atoms with Gasteiger partial charge in [-0.25, -0.2) is 13.1 Å². The minimum absolute atomic E-state index is 0.0186. The van der Waals surface area contributed by atoms with Crippen LogP contribution in [0.4, 0.5) is 0 Å². The molecule has 0 fully saturated rings. The van der Waals surface area contributed by atoms with Crippen LogP contribution in [-0.2, 0) is 23.2 Å². The number of aliphatic hydroxyl groups is 1. The Morgan fingerprint density at radius 1 is 1.00 bits per heavy atom. The van der Waals surface area contributed by atoms with E-state index in [0.29, 0.717) is 4.90 Å². The smallest absolute Gasteiger partial charge is 0.241 e. The molecule has 0 aliphatic carbocycles. The normalized spacial score (nSPS) is 11.5. The molecule has 0 saturated heterocycles. The molecule has 5 heteroatoms. The predicted molar refractivity (Wildman–Crippen MR) is 77.6 cm³/mol. The van der Waals surface area contributed by atoms with E-state index in [4.69, 9.17) is 5.11 Å². The fraction of sp³-hybridized carbons (Fsp3) is 0.200. The molecule has 0 heterocycles. The van der Waals surface area contributed by atoms with Crippen LogP contribution in [0.25, 0.3) is 0 Å². The van der Waals surface area contributed by atoms with E-state index in [9.17, 15) is 8.42 Å². The average Bonchev–Trinajstić information content (AvgIpc) is 2.46. The first-order valence-electron chi connectivity index (χ1n) is 6.27. The van der Waals surface area contributed by atoms with Crippen molar-refractivity contribution in [1.82, 2.24) is 4.72 Å². The van der Waals surface area contributed by atoms with Gasteiger partial charge in [0.1, 0.15) is 0 Å². The van der Waals surface area contributed by atoms with Crippen LogP contribution in [0, 0.1) is 6.92 Å². The Morgan fingerprint density at radius 3 is 2.20 bits per heavy atom. The molecule has 106 valence electrons. The lowest BCUT2D eigenvalue weighted by molar-refractivity contribution is 0.282. The Balaban J connectivity index is 2.11. The van der Waals surface area contributed by atoms with Gasteiger partial charge in [0, 0.05) is 6.54 Å². The average molecular weight is 291 g/mol. The van der Waals surface area contributed by atoms with E-state index in [-0.39, 0.29) is 13.2 Å². The van der Waals surface area contributed by atoms with E-state index in [1.54, 1.807) is 49.4 Å². The monoisotopic (exact) mass is 291 g/mol. The highest BCUT2D eigenvalue weighted by Crippen LogP contribution is 2.14. The van der Waals surface area contributed by atoms with Crippen LogP contribution in [-0.4, -0.2) is 13.5 Å². The SMILES string of the molecule is Cc1ccccc1S(=O)(=O)NCc1ccc(CO)cc1. The highest BCUT2D eigenvalue weighted by atomic mass is 32.2. The van der Waals surface area contributed by atoms with Crippen LogP contribution in [0.3, 0.4) is 0 Å². The Bertz CT molecular complexity index is 679. The third-order valence-electron chi connectivity index (χ3n) is 3.05. The summed E-state index contributed by atoms with van der Waals surface area (Å²) < 4.78 is 27.0. The lowest BCUT2D eigenvalue weighted by Crippen LogP contribution is -2.23. The predicted octanol–water partition coefficient (Wildman–Crippen LogP) is 1.97. The summed E-state index contributed by atoms with van der Waals surface area (Å²) in [7, 11) is -3.50. The first-order valence-corrected chi connectivity index (χ1v) is 7.75. The van der Waals surface area contributed by atoms with E-state index >= 15 is 0 Å². The van der Waals surface area contributed by atoms with Crippen LogP contribution in [0.2, 0.25) is 0 Å². The third kappa shape index (κ3) is 3.45. The summed E-state index contributed by atoms with van der Waals surface area (Å²) in [6.45, 7) is 1.97. The van der Waals surface area contributed by atoms with Crippen molar-refractivity contribution in [1.29, 1.82) is 0 Å². The zero-order valence-electron chi connectivity index (χ0n) is 11.2. The van der Waals surface area contributed by atoms with Gasteiger partial charge >= 0.3 is 0 Å². The Morgan fingerprint density at radius 2 is 1.60 bits per heavy atom. The van der Waals surface area contributed by atoms with Gasteiger partial charge in [0.05, 0.1) is 11.5 Å². The molecule has 0 radical (unpaired) electrons. The second kappa shape index (κ2) is 6.17. The number of hydrogen-bond acceptors (Lipinski definition) is 3. The summed E-state index contributed by atoms with van der Waals surface area (Å²) >= 11 is 0. The summed E-state index contributed by atoms with van der Waals surface area (Å²) in [5.74, 6) is 0. The van der Waals surface area contributed by atoms with Gasteiger partial charge in [-0.1, -0.05) is 42.5 Å². The number of rotatable bonds is 5. The van der Waals surface area contributed by atoms with Gasteiger partial charge in [0.25, 0.3) is 0 Å². The van der Waals surface area contributed by atoms with Crippen molar-refractivity contribution < 1.29 is 13.5 Å². The van der Waals surface area contributed by atoms with Crippen molar-refractivity contribution in [3.8, 4) is 0 Å². The lowest BCUT2D eigenvalue weighted by Gasteiger charge is -2.09. The molecule has 0 aromatic heterocycles. The first kappa shape index (κ1) is 14.7. The molecule has 0 aliphatic heterocycles. The second-order valence-corrected chi connectivity index (χ2v) is 6.30. The fourth-order valence-electron chi connectivity index (χ4n) is 1.88. The molecule has 4 nitrogen and oxygen atoms in total. The topological polar surface area (TPSA) is 66.4 Å². The summed E-state index contributed by atoms with van der Waals surface area (Å²) in [5, 5.41) is 8.96. The van der Waals surface area contributed by atoms with Crippen LogP contribution in [0.1, 0.15) is 16.7 Å². The second-order valence-electron chi connectivity index (χ2n) is 4.56. The van der Waals surface area contributed by atoms with E-state index in [1.165, 1.54) is 0 Å². The third-order valence-corrected chi connectivity index (χ3v) is 4.62. The first-order chi connectivity index (χ1) is 9.53. The highest BCUT2D eigenvalue weighted by Gasteiger charge is 2.15. The molecule has 20 heavy (non-hydrogen) atoms. The van der Waals surface area contributed by atoms with E-state index in [2.05, 4.69) is 4.72 Å². The van der Waals surface area contributed by atoms with Crippen LogP contribution in [0.5, 0.6) is 0 Å². The zero-order valence-corrected chi connectivity index (χ0v) is 12.0. The number of aryl methyl sites for hydroxylation is 1. The van der Waals surface area contributed by atoms with Crippen molar-refractivity contribution in [2.45, 2.75) is 25.0 Å². The molecule has 2 aromatic carbocycles. The van der Waals surface area contributed by atoms with Gasteiger partial charge in [-0.15, -0.1) is 0 Å². The summed E-state index contributed by atoms with van der Waals surface area (Å²) in [6, 6.07) is 14.0. The van der Waals surface area contributed by atoms with Crippen molar-refractivity contribution in [3.63, 3.8) is 0 Å². The van der Waals surface area contributed by atoms with Crippen LogP contribution in [0.15, 0.2) is 53.4 Å². The molecule has 2 aromatic rings. The van der Waals surface area contributed by atoms with Crippen LogP contribution >= 0.6 is 0 Å². The molecule has 0 unspecified atom stereocenters. The number of aliphatic hydroxyl groups excluding tert-OH is 1. The minimum atomic E-state index is -3.50. The molecule has 0 amide bonds. The Kier molecular flexibility index (Phi) is 4.54. The molecule has 0 saturated carbocycles. The number of nitrogens with one attached hydrogen (secondary N) is 1. The molecular weight excluding hydrogens is 274 g/mol. The fourth-order valence-corrected chi connectivity index (χ4v) is 3.14. The van der Waals surface area contributed by atoms with E-state index in [0.717, 1.165) is 16.7 Å². The Hall–Kier alpha value is -1.69. The van der Waals surface area contributed by atoms with Gasteiger partial charge in [-0.2, -0.15) is 0 Å². The molecule has 2 rings (SSSR count). The molecule has 2 N–H and O–H groups in total. The van der Waals surface area contributed by atoms with Crippen molar-refractivity contribution in [2.75, 3.05) is 0 Å². The molecule has 0 atom stereocenters. The summed E-state index contributed by atoms with van der Waals surface area (Å²) in [5.41, 5.74) is 2.37. The summed E-state index contributed by atoms with van der Waals surface area (Å²) in [6.07, 6.45) is 0. The molecule has 0 aliphatic rings. The van der Waals surface area contributed by atoms with Gasteiger partial charge in [-0.3, -0.25) is 0 Å². The van der Waals surface area contributed by atoms with Crippen molar-refractivity contribution in [2.24, 2.45) is 0 Å². The largest absolute Gasteiger partial charge is 0.392 e. The van der Waals surface area contributed by atoms with Crippen molar-refractivity contribution >= 4 is 10.0 Å². The zero-order chi connectivity index (χ0) is 14.6. The maximum Gasteiger partial charge on any atom is 0.241 e. The maximum absolute atomic E-state index is 12.2. The molecule has 0 spiro atoms. The Labute approximate surface area is 119 Å². The van der Waals surface area contributed by atoms with Gasteiger partial charge < -0.3 is 5.11 Å². The lowest BCUT2D eigenvalue weighted by atomic mass is 10.1. The maximum atomic E-state index is 12.2. The number of hydrogen-bond donors (Lipinski definition) is 2. The van der Waals surface area contributed by atoms with Crippen molar-refractivity contribution in [3.05, 3.63) is 65.2 Å². The van der Waals surface area contributed by atoms with E-state index < -0.39 is 10.0 Å². The highest BCUT2D eigenvalue weighted by molar-refractivity contribution is 7.89. The van der Waals surface area contributed by atoms with Gasteiger partial charge in [-0.05, 0) is 29.7 Å². The van der Waals surface area contributed by atoms with Gasteiger partial charge in [0.15, 0.2) is 0 Å². The van der Waals surface area contributed by atoms with Crippen LogP contribution < -0.4 is 4.72 Å². The number of sulfonamides is 1. The minimum Gasteiger partial charge on any atom is -0.392 e. The standard InChI is InChI=1S/C15H17NO3S/c1-12-4-2-3-5-15(12)20(18,19)16-10-13-6-8-14(11-17)9-7-13/h2-9,16-17H,10-11H2,1H3. The van der Waals surface area contributed by atoms with Gasteiger partial charge in [0.2, 0.25) is 10.0 Å².